The fourth-order valence-corrected chi connectivity index (χ4v) is 8.57. The highest BCUT2D eigenvalue weighted by Gasteiger charge is 2.49. The lowest BCUT2D eigenvalue weighted by molar-refractivity contribution is -0.0785. The molecule has 3 aliphatic rings. The van der Waals surface area contributed by atoms with E-state index in [0.717, 1.165) is 36.8 Å². The minimum absolute atomic E-state index is 0.0156. The molecule has 3 saturated heterocycles. The van der Waals surface area contributed by atoms with Gasteiger partial charge in [0, 0.05) is 32.3 Å². The molecule has 256 valence electrons. The molecular weight excluding hydrogens is 608 g/mol. The van der Waals surface area contributed by atoms with Crippen LogP contribution in [0.4, 0.5) is 0 Å². The van der Waals surface area contributed by atoms with Gasteiger partial charge in [0.25, 0.3) is 0 Å². The summed E-state index contributed by atoms with van der Waals surface area (Å²) in [4.78, 5) is 0.240. The SMILES string of the molecule is C=CCOC/C=C/C1CC(=C)C(CCC2CC(C)C(=C)C(CC3OC(CC(O)CO)[C@H](OC)C3CS(=O)(=O)c3ccccc3)O2)O1. The van der Waals surface area contributed by atoms with Crippen molar-refractivity contribution >= 4 is 9.84 Å². The van der Waals surface area contributed by atoms with Gasteiger partial charge in [-0.1, -0.05) is 56.5 Å². The number of hydrogen-bond acceptors (Lipinski definition) is 9. The number of sulfone groups is 1. The third kappa shape index (κ3) is 9.70. The van der Waals surface area contributed by atoms with E-state index in [4.69, 9.17) is 23.7 Å². The molecule has 3 fully saturated rings. The van der Waals surface area contributed by atoms with E-state index in [1.165, 1.54) is 7.11 Å². The molecule has 9 nitrogen and oxygen atoms in total. The average Bonchev–Trinajstić information content (AvgIpc) is 3.55. The Morgan fingerprint density at radius 2 is 1.83 bits per heavy atom. The standard InChI is InChI=1S/C36H52O9S/c1-6-16-42-17-10-11-28-19-25(3)32(43-28)15-14-29-18-24(2)26(4)33(44-29)21-34-31(23-46(39,40)30-12-8-7-9-13-30)36(41-5)35(45-34)20-27(38)22-37/h6-13,24,27-29,31-38H,1,3-4,14-23H2,2,5H3/b11-10+/t24?,27?,28?,29?,31?,32?,33?,34?,35?,36-/m1/s1. The third-order valence-electron chi connectivity index (χ3n) is 9.39. The Morgan fingerprint density at radius 3 is 2.52 bits per heavy atom. The first-order valence-electron chi connectivity index (χ1n) is 16.3. The van der Waals surface area contributed by atoms with Crippen LogP contribution in [0.25, 0.3) is 0 Å². The summed E-state index contributed by atoms with van der Waals surface area (Å²) in [5.74, 6) is -0.484. The molecule has 1 aromatic rings. The van der Waals surface area contributed by atoms with Crippen LogP contribution in [0, 0.1) is 11.8 Å². The molecule has 0 aromatic heterocycles. The van der Waals surface area contributed by atoms with Crippen molar-refractivity contribution in [1.29, 1.82) is 0 Å². The maximum Gasteiger partial charge on any atom is 0.178 e. The van der Waals surface area contributed by atoms with Gasteiger partial charge in [0.2, 0.25) is 0 Å². The van der Waals surface area contributed by atoms with Gasteiger partial charge < -0.3 is 33.9 Å². The Kier molecular flexibility index (Phi) is 13.8. The molecule has 9 unspecified atom stereocenters. The summed E-state index contributed by atoms with van der Waals surface area (Å²) in [6, 6.07) is 8.37. The number of methoxy groups -OCH3 is 1. The van der Waals surface area contributed by atoms with Gasteiger partial charge in [0.15, 0.2) is 9.84 Å². The maximum atomic E-state index is 13.5. The molecule has 0 saturated carbocycles. The van der Waals surface area contributed by atoms with Gasteiger partial charge in [0.05, 0.1) is 79.3 Å². The molecule has 0 bridgehead atoms. The predicted octanol–water partition coefficient (Wildman–Crippen LogP) is 4.59. The zero-order chi connectivity index (χ0) is 33.3. The van der Waals surface area contributed by atoms with Crippen molar-refractivity contribution in [3.8, 4) is 0 Å². The molecule has 3 aliphatic heterocycles. The summed E-state index contributed by atoms with van der Waals surface area (Å²) in [5.41, 5.74) is 2.04. The van der Waals surface area contributed by atoms with Crippen molar-refractivity contribution in [1.82, 2.24) is 0 Å². The summed E-state index contributed by atoms with van der Waals surface area (Å²) in [6.07, 6.45) is 6.34. The molecule has 2 N–H and O–H groups in total. The van der Waals surface area contributed by atoms with Crippen molar-refractivity contribution in [2.45, 2.75) is 99.2 Å². The Hall–Kier alpha value is -2.15. The number of benzene rings is 1. The van der Waals surface area contributed by atoms with Gasteiger partial charge in [-0.25, -0.2) is 8.42 Å². The molecule has 0 spiro atoms. The molecule has 0 radical (unpaired) electrons. The highest BCUT2D eigenvalue weighted by atomic mass is 32.2. The van der Waals surface area contributed by atoms with Crippen molar-refractivity contribution < 1.29 is 42.3 Å². The minimum atomic E-state index is -3.66. The topological polar surface area (TPSA) is 121 Å². The van der Waals surface area contributed by atoms with E-state index in [1.807, 2.05) is 12.2 Å². The van der Waals surface area contributed by atoms with Crippen LogP contribution in [0.1, 0.15) is 45.4 Å². The Bertz CT molecular complexity index is 1280. The zero-order valence-electron chi connectivity index (χ0n) is 27.2. The van der Waals surface area contributed by atoms with E-state index in [0.29, 0.717) is 19.6 Å². The number of ether oxygens (including phenoxy) is 5. The molecular formula is C36H52O9S. The number of aliphatic hydroxyl groups excluding tert-OH is 2. The average molecular weight is 661 g/mol. The number of aliphatic hydroxyl groups is 2. The fourth-order valence-electron chi connectivity index (χ4n) is 6.90. The van der Waals surface area contributed by atoms with Gasteiger partial charge in [0.1, 0.15) is 0 Å². The second kappa shape index (κ2) is 17.3. The second-order valence-electron chi connectivity index (χ2n) is 12.8. The first kappa shape index (κ1) is 36.7. The molecule has 3 heterocycles. The maximum absolute atomic E-state index is 13.5. The van der Waals surface area contributed by atoms with Crippen LogP contribution in [0.3, 0.4) is 0 Å². The summed E-state index contributed by atoms with van der Waals surface area (Å²) in [7, 11) is -2.14. The number of rotatable bonds is 17. The first-order valence-corrected chi connectivity index (χ1v) is 18.0. The van der Waals surface area contributed by atoms with E-state index in [9.17, 15) is 18.6 Å². The Labute approximate surface area is 274 Å². The van der Waals surface area contributed by atoms with E-state index < -0.39 is 46.8 Å². The number of hydrogen-bond donors (Lipinski definition) is 2. The summed E-state index contributed by atoms with van der Waals surface area (Å²) < 4.78 is 57.6. The first-order chi connectivity index (χ1) is 22.1. The largest absolute Gasteiger partial charge is 0.394 e. The molecule has 46 heavy (non-hydrogen) atoms. The molecule has 10 heteroatoms. The van der Waals surface area contributed by atoms with Crippen LogP contribution in [-0.2, 0) is 33.5 Å². The van der Waals surface area contributed by atoms with E-state index in [2.05, 4.69) is 26.7 Å². The lowest BCUT2D eigenvalue weighted by atomic mass is 9.83. The fraction of sp³-hybridized carbons (Fsp3) is 0.611. The molecule has 4 rings (SSSR count). The van der Waals surface area contributed by atoms with Crippen LogP contribution in [-0.4, -0.2) is 100 Å². The lowest BCUT2D eigenvalue weighted by Gasteiger charge is -2.38. The highest BCUT2D eigenvalue weighted by Crippen LogP contribution is 2.41. The molecule has 10 atom stereocenters. The third-order valence-corrected chi connectivity index (χ3v) is 11.2. The highest BCUT2D eigenvalue weighted by molar-refractivity contribution is 7.91. The van der Waals surface area contributed by atoms with Gasteiger partial charge in [-0.2, -0.15) is 0 Å². The van der Waals surface area contributed by atoms with Crippen LogP contribution in [0.2, 0.25) is 0 Å². The minimum Gasteiger partial charge on any atom is -0.394 e. The summed E-state index contributed by atoms with van der Waals surface area (Å²) >= 11 is 0. The van der Waals surface area contributed by atoms with E-state index >= 15 is 0 Å². The monoisotopic (exact) mass is 660 g/mol. The normalized spacial score (nSPS) is 32.7. The van der Waals surface area contributed by atoms with Crippen molar-refractivity contribution in [3.05, 3.63) is 79.4 Å². The summed E-state index contributed by atoms with van der Waals surface area (Å²) in [5, 5.41) is 19.7. The Morgan fingerprint density at radius 1 is 1.07 bits per heavy atom. The van der Waals surface area contributed by atoms with Crippen LogP contribution in [0.5, 0.6) is 0 Å². The summed E-state index contributed by atoms with van der Waals surface area (Å²) in [6.45, 7) is 15.0. The van der Waals surface area contributed by atoms with Crippen molar-refractivity contribution in [2.24, 2.45) is 11.8 Å². The van der Waals surface area contributed by atoms with Gasteiger partial charge in [-0.15, -0.1) is 6.58 Å². The molecule has 0 aliphatic carbocycles. The zero-order valence-corrected chi connectivity index (χ0v) is 28.1. The molecule has 0 amide bonds. The quantitative estimate of drug-likeness (QED) is 0.183. The molecule has 1 aromatic carbocycles. The van der Waals surface area contributed by atoms with E-state index in [1.54, 1.807) is 36.4 Å². The van der Waals surface area contributed by atoms with Crippen LogP contribution < -0.4 is 0 Å². The Balaban J connectivity index is 1.42. The smallest absolute Gasteiger partial charge is 0.178 e. The van der Waals surface area contributed by atoms with Crippen LogP contribution >= 0.6 is 0 Å². The van der Waals surface area contributed by atoms with Crippen LogP contribution in [0.15, 0.2) is 84.3 Å². The van der Waals surface area contributed by atoms with Crippen molar-refractivity contribution in [2.75, 3.05) is 32.7 Å². The van der Waals surface area contributed by atoms with Gasteiger partial charge in [-0.05, 0) is 48.5 Å². The predicted molar refractivity (Wildman–Crippen MR) is 177 cm³/mol. The van der Waals surface area contributed by atoms with Crippen molar-refractivity contribution in [3.63, 3.8) is 0 Å². The second-order valence-corrected chi connectivity index (χ2v) is 14.8. The lowest BCUT2D eigenvalue weighted by Crippen LogP contribution is -2.40. The van der Waals surface area contributed by atoms with E-state index in [-0.39, 0.29) is 47.4 Å². The van der Waals surface area contributed by atoms with Gasteiger partial charge in [-0.3, -0.25) is 0 Å². The van der Waals surface area contributed by atoms with Gasteiger partial charge >= 0.3 is 0 Å².